The topological polar surface area (TPSA) is 76.0 Å². The quantitative estimate of drug-likeness (QED) is 0.881. The van der Waals surface area contributed by atoms with E-state index in [1.54, 1.807) is 24.3 Å². The zero-order chi connectivity index (χ0) is 15.5. The van der Waals surface area contributed by atoms with Crippen LogP contribution >= 0.6 is 0 Å². The highest BCUT2D eigenvalue weighted by atomic mass is 32.2. The van der Waals surface area contributed by atoms with E-state index in [0.717, 1.165) is 6.26 Å². The number of aliphatic imine (C=N–C) groups is 1. The molecule has 0 bridgehead atoms. The fraction of sp³-hybridized carbons (Fsp3) is 0.133. The third kappa shape index (κ3) is 3.82. The van der Waals surface area contributed by atoms with Crippen molar-refractivity contribution in [1.29, 1.82) is 0 Å². The maximum Gasteiger partial charge on any atom is 0.175 e. The van der Waals surface area contributed by atoms with Crippen molar-refractivity contribution in [3.63, 3.8) is 0 Å². The van der Waals surface area contributed by atoms with Crippen LogP contribution in [0.15, 0.2) is 52.4 Å². The summed E-state index contributed by atoms with van der Waals surface area (Å²) in [6.07, 6.45) is 2.60. The molecule has 110 valence electrons. The number of phenols is 1. The number of hydrogen-bond acceptors (Lipinski definition) is 5. The standard InChI is InChI=1S/C15H15NO4S/c1-20-13-6-7-15(17)11(8-13)10-16-12-4-3-5-14(9-12)21(2,18)19/h3-10,17H,1-2H3. The van der Waals surface area contributed by atoms with Crippen molar-refractivity contribution in [2.24, 2.45) is 4.99 Å². The highest BCUT2D eigenvalue weighted by Crippen LogP contribution is 2.23. The molecule has 0 radical (unpaired) electrons. The van der Waals surface area contributed by atoms with Gasteiger partial charge in [0, 0.05) is 18.0 Å². The van der Waals surface area contributed by atoms with E-state index in [9.17, 15) is 13.5 Å². The van der Waals surface area contributed by atoms with Gasteiger partial charge in [0.05, 0.1) is 17.7 Å². The molecule has 0 aromatic heterocycles. The number of nitrogens with zero attached hydrogens (tertiary/aromatic N) is 1. The molecule has 0 spiro atoms. The van der Waals surface area contributed by atoms with Gasteiger partial charge in [0.15, 0.2) is 9.84 Å². The highest BCUT2D eigenvalue weighted by Gasteiger charge is 2.07. The Morgan fingerprint density at radius 3 is 2.62 bits per heavy atom. The third-order valence-corrected chi connectivity index (χ3v) is 3.94. The Morgan fingerprint density at radius 1 is 1.19 bits per heavy atom. The van der Waals surface area contributed by atoms with Gasteiger partial charge in [0.25, 0.3) is 0 Å². The van der Waals surface area contributed by atoms with Crippen LogP contribution in [0.1, 0.15) is 5.56 Å². The average molecular weight is 305 g/mol. The molecule has 1 N–H and O–H groups in total. The van der Waals surface area contributed by atoms with Gasteiger partial charge in [0.1, 0.15) is 11.5 Å². The molecule has 6 heteroatoms. The maximum absolute atomic E-state index is 11.5. The first kappa shape index (κ1) is 15.1. The minimum Gasteiger partial charge on any atom is -0.507 e. The van der Waals surface area contributed by atoms with Crippen molar-refractivity contribution in [1.82, 2.24) is 0 Å². The Hall–Kier alpha value is -2.34. The monoisotopic (exact) mass is 305 g/mol. The van der Waals surface area contributed by atoms with Gasteiger partial charge in [-0.15, -0.1) is 0 Å². The molecule has 2 aromatic carbocycles. The van der Waals surface area contributed by atoms with Gasteiger partial charge in [-0.05, 0) is 36.4 Å². The van der Waals surface area contributed by atoms with E-state index in [4.69, 9.17) is 4.74 Å². The summed E-state index contributed by atoms with van der Waals surface area (Å²) in [6, 6.07) is 11.1. The molecule has 0 saturated carbocycles. The Balaban J connectivity index is 2.34. The second-order valence-corrected chi connectivity index (χ2v) is 6.47. The predicted molar refractivity (Wildman–Crippen MR) is 81.5 cm³/mol. The third-order valence-electron chi connectivity index (χ3n) is 2.83. The second-order valence-electron chi connectivity index (χ2n) is 4.45. The van der Waals surface area contributed by atoms with Gasteiger partial charge < -0.3 is 9.84 Å². The van der Waals surface area contributed by atoms with E-state index in [2.05, 4.69) is 4.99 Å². The largest absolute Gasteiger partial charge is 0.507 e. The lowest BCUT2D eigenvalue weighted by atomic mass is 10.2. The van der Waals surface area contributed by atoms with Crippen LogP contribution in [0, 0.1) is 0 Å². The van der Waals surface area contributed by atoms with Gasteiger partial charge in [0.2, 0.25) is 0 Å². The molecule has 0 aliphatic rings. The SMILES string of the molecule is COc1ccc(O)c(C=Nc2cccc(S(C)(=O)=O)c2)c1. The van der Waals surface area contributed by atoms with E-state index in [1.807, 2.05) is 0 Å². The summed E-state index contributed by atoms with van der Waals surface area (Å²) in [4.78, 5) is 4.38. The van der Waals surface area contributed by atoms with Crippen molar-refractivity contribution in [2.75, 3.05) is 13.4 Å². The molecule has 5 nitrogen and oxygen atoms in total. The van der Waals surface area contributed by atoms with E-state index >= 15 is 0 Å². The van der Waals surface area contributed by atoms with Gasteiger partial charge in [-0.2, -0.15) is 0 Å². The fourth-order valence-corrected chi connectivity index (χ4v) is 2.36. The van der Waals surface area contributed by atoms with Gasteiger partial charge >= 0.3 is 0 Å². The van der Waals surface area contributed by atoms with Crippen LogP contribution < -0.4 is 4.74 Å². The summed E-state index contributed by atoms with van der Waals surface area (Å²) in [5.41, 5.74) is 0.972. The highest BCUT2D eigenvalue weighted by molar-refractivity contribution is 7.90. The molecule has 0 aliphatic carbocycles. The number of aromatic hydroxyl groups is 1. The first-order valence-electron chi connectivity index (χ1n) is 6.11. The van der Waals surface area contributed by atoms with E-state index in [-0.39, 0.29) is 10.6 Å². The minimum atomic E-state index is -3.27. The zero-order valence-electron chi connectivity index (χ0n) is 11.6. The molecule has 0 heterocycles. The van der Waals surface area contributed by atoms with Crippen LogP contribution in [0.2, 0.25) is 0 Å². The van der Waals surface area contributed by atoms with Gasteiger partial charge in [-0.1, -0.05) is 6.07 Å². The molecule has 0 aliphatic heterocycles. The number of ether oxygens (including phenoxy) is 1. The fourth-order valence-electron chi connectivity index (χ4n) is 1.70. The van der Waals surface area contributed by atoms with E-state index in [1.165, 1.54) is 31.5 Å². The number of sulfone groups is 1. The molecular weight excluding hydrogens is 290 g/mol. The van der Waals surface area contributed by atoms with Crippen LogP contribution in [0.5, 0.6) is 11.5 Å². The van der Waals surface area contributed by atoms with Crippen LogP contribution in [0.25, 0.3) is 0 Å². The molecule has 0 amide bonds. The Kier molecular flexibility index (Phi) is 4.28. The first-order valence-corrected chi connectivity index (χ1v) is 8.00. The van der Waals surface area contributed by atoms with Crippen molar-refractivity contribution < 1.29 is 18.3 Å². The molecule has 0 saturated heterocycles. The van der Waals surface area contributed by atoms with Gasteiger partial charge in [-0.3, -0.25) is 4.99 Å². The number of hydrogen-bond donors (Lipinski definition) is 1. The molecule has 0 fully saturated rings. The number of methoxy groups -OCH3 is 1. The van der Waals surface area contributed by atoms with Gasteiger partial charge in [-0.25, -0.2) is 8.42 Å². The normalized spacial score (nSPS) is 11.7. The van der Waals surface area contributed by atoms with Crippen molar-refractivity contribution in [2.45, 2.75) is 4.90 Å². The zero-order valence-corrected chi connectivity index (χ0v) is 12.5. The van der Waals surface area contributed by atoms with Crippen molar-refractivity contribution in [3.05, 3.63) is 48.0 Å². The summed E-state index contributed by atoms with van der Waals surface area (Å²) in [7, 11) is -1.74. The Bertz CT molecular complexity index is 782. The van der Waals surface area contributed by atoms with Crippen LogP contribution in [-0.2, 0) is 9.84 Å². The summed E-state index contributed by atoms with van der Waals surface area (Å²) in [5.74, 6) is 0.665. The van der Waals surface area contributed by atoms with Crippen molar-refractivity contribution >= 4 is 21.7 Å². The predicted octanol–water partition coefficient (Wildman–Crippen LogP) is 2.55. The van der Waals surface area contributed by atoms with Crippen LogP contribution in [-0.4, -0.2) is 33.1 Å². The summed E-state index contributed by atoms with van der Waals surface area (Å²) >= 11 is 0. The lowest BCUT2D eigenvalue weighted by Crippen LogP contribution is -1.95. The molecule has 0 atom stereocenters. The maximum atomic E-state index is 11.5. The van der Waals surface area contributed by atoms with E-state index in [0.29, 0.717) is 17.0 Å². The number of phenolic OH excluding ortho intramolecular Hbond substituents is 1. The number of rotatable bonds is 4. The van der Waals surface area contributed by atoms with Crippen LogP contribution in [0.4, 0.5) is 5.69 Å². The molecule has 0 unspecified atom stereocenters. The molecule has 21 heavy (non-hydrogen) atoms. The van der Waals surface area contributed by atoms with E-state index < -0.39 is 9.84 Å². The smallest absolute Gasteiger partial charge is 0.175 e. The number of benzene rings is 2. The molecule has 2 rings (SSSR count). The van der Waals surface area contributed by atoms with Crippen LogP contribution in [0.3, 0.4) is 0 Å². The lowest BCUT2D eigenvalue weighted by Gasteiger charge is -2.03. The Labute approximate surface area is 123 Å². The minimum absolute atomic E-state index is 0.0683. The van der Waals surface area contributed by atoms with Crippen molar-refractivity contribution in [3.8, 4) is 11.5 Å². The summed E-state index contributed by atoms with van der Waals surface area (Å²) in [5, 5.41) is 9.75. The summed E-state index contributed by atoms with van der Waals surface area (Å²) in [6.45, 7) is 0. The average Bonchev–Trinajstić information content (AvgIpc) is 2.46. The lowest BCUT2D eigenvalue weighted by molar-refractivity contribution is 0.412. The molecule has 2 aromatic rings. The Morgan fingerprint density at radius 2 is 1.95 bits per heavy atom. The summed E-state index contributed by atoms with van der Waals surface area (Å²) < 4.78 is 28.1. The second kappa shape index (κ2) is 5.97. The first-order chi connectivity index (χ1) is 9.90. The molecular formula is C15H15NO4S.